The SMILES string of the molecule is CC(OCC1CO1)Oc1ccc(C(=O)Oc2ccc3c(c2)C(C)c2cc(OC(=O)c4ccc(OC(C)OCC5CO5)cc4F)ccc2-3)c(F)c1. The Morgan fingerprint density at radius 3 is 1.44 bits per heavy atom. The van der Waals surface area contributed by atoms with E-state index in [0.717, 1.165) is 34.4 Å². The zero-order chi connectivity index (χ0) is 34.9. The molecule has 260 valence electrons. The Labute approximate surface area is 286 Å². The van der Waals surface area contributed by atoms with Crippen molar-refractivity contribution in [2.45, 2.75) is 51.5 Å². The maximum absolute atomic E-state index is 14.9. The number of halogens is 2. The Morgan fingerprint density at radius 2 is 1.06 bits per heavy atom. The number of epoxide rings is 2. The van der Waals surface area contributed by atoms with Crippen molar-refractivity contribution in [3.05, 3.63) is 107 Å². The minimum atomic E-state index is -0.861. The van der Waals surface area contributed by atoms with Gasteiger partial charge in [-0.3, -0.25) is 0 Å². The first kappa shape index (κ1) is 33.6. The summed E-state index contributed by atoms with van der Waals surface area (Å²) in [5.74, 6) is -2.57. The molecule has 12 heteroatoms. The third-order valence-electron chi connectivity index (χ3n) is 8.45. The number of fused-ring (bicyclic) bond motifs is 3. The third kappa shape index (κ3) is 7.79. The highest BCUT2D eigenvalue weighted by molar-refractivity contribution is 5.93. The van der Waals surface area contributed by atoms with Crippen molar-refractivity contribution in [2.75, 3.05) is 26.4 Å². The molecule has 0 amide bonds. The predicted molar refractivity (Wildman–Crippen MR) is 174 cm³/mol. The molecule has 0 N–H and O–H groups in total. The topological polar surface area (TPSA) is 115 Å². The molecule has 50 heavy (non-hydrogen) atoms. The smallest absolute Gasteiger partial charge is 0.346 e. The lowest BCUT2D eigenvalue weighted by molar-refractivity contribution is -0.0712. The van der Waals surface area contributed by atoms with E-state index in [9.17, 15) is 18.4 Å². The van der Waals surface area contributed by atoms with E-state index in [0.29, 0.717) is 26.4 Å². The molecule has 7 rings (SSSR count). The van der Waals surface area contributed by atoms with Crippen molar-refractivity contribution in [1.82, 2.24) is 0 Å². The van der Waals surface area contributed by atoms with Crippen molar-refractivity contribution in [2.24, 2.45) is 0 Å². The van der Waals surface area contributed by atoms with Crippen LogP contribution in [0.5, 0.6) is 23.0 Å². The first-order valence-corrected chi connectivity index (χ1v) is 16.2. The van der Waals surface area contributed by atoms with Crippen LogP contribution in [-0.4, -0.2) is 63.2 Å². The molecule has 10 nitrogen and oxygen atoms in total. The Hall–Kier alpha value is -4.88. The standard InChI is InChI=1S/C38H34F2O10/c1-20-33-12-23(49-37(41)31-10-6-25(14-35(31)39)47-21(2)43-16-27-18-45-27)4-8-29(33)30-9-5-24(13-34(20)30)50-38(42)32-11-7-26(15-36(32)40)48-22(3)44-17-28-19-46-28/h4-15,20-22,27-28H,16-19H2,1-3H3. The molecule has 2 heterocycles. The van der Waals surface area contributed by atoms with Gasteiger partial charge in [0.2, 0.25) is 0 Å². The zero-order valence-electron chi connectivity index (χ0n) is 27.5. The van der Waals surface area contributed by atoms with E-state index in [4.69, 9.17) is 37.9 Å². The number of esters is 2. The van der Waals surface area contributed by atoms with Crippen LogP contribution < -0.4 is 18.9 Å². The van der Waals surface area contributed by atoms with Crippen molar-refractivity contribution in [1.29, 1.82) is 0 Å². The Bertz CT molecular complexity index is 1790. The van der Waals surface area contributed by atoms with E-state index in [1.165, 1.54) is 24.3 Å². The average molecular weight is 689 g/mol. The fourth-order valence-corrected chi connectivity index (χ4v) is 5.64. The van der Waals surface area contributed by atoms with Crippen LogP contribution in [0.4, 0.5) is 8.78 Å². The number of carbonyl (C=O) groups is 2. The van der Waals surface area contributed by atoms with Crippen molar-refractivity contribution in [3.8, 4) is 34.1 Å². The largest absolute Gasteiger partial charge is 0.465 e. The summed E-state index contributed by atoms with van der Waals surface area (Å²) in [4.78, 5) is 25.8. The average Bonchev–Trinajstić information content (AvgIpc) is 4.02. The van der Waals surface area contributed by atoms with Gasteiger partial charge in [0.15, 0.2) is 12.6 Å². The number of benzene rings is 4. The van der Waals surface area contributed by atoms with Gasteiger partial charge in [0.05, 0.1) is 37.6 Å². The van der Waals surface area contributed by atoms with Crippen molar-refractivity contribution >= 4 is 11.9 Å². The number of rotatable bonds is 14. The molecule has 4 unspecified atom stereocenters. The van der Waals surface area contributed by atoms with Crippen LogP contribution >= 0.6 is 0 Å². The van der Waals surface area contributed by atoms with Gasteiger partial charge in [0.25, 0.3) is 0 Å². The van der Waals surface area contributed by atoms with E-state index in [2.05, 4.69) is 0 Å². The second kappa shape index (κ2) is 14.2. The van der Waals surface area contributed by atoms with Gasteiger partial charge in [-0.15, -0.1) is 0 Å². The minimum absolute atomic E-state index is 0.0696. The van der Waals surface area contributed by atoms with Gasteiger partial charge in [-0.25, -0.2) is 18.4 Å². The lowest BCUT2D eigenvalue weighted by Gasteiger charge is -2.15. The van der Waals surface area contributed by atoms with Crippen LogP contribution in [0.2, 0.25) is 0 Å². The van der Waals surface area contributed by atoms with Gasteiger partial charge in [-0.05, 0) is 84.6 Å². The maximum atomic E-state index is 14.9. The van der Waals surface area contributed by atoms with Gasteiger partial charge in [0, 0.05) is 18.1 Å². The fourth-order valence-electron chi connectivity index (χ4n) is 5.64. The van der Waals surface area contributed by atoms with E-state index >= 15 is 0 Å². The molecule has 0 aromatic heterocycles. The van der Waals surface area contributed by atoms with Crippen LogP contribution in [-0.2, 0) is 18.9 Å². The van der Waals surface area contributed by atoms with Gasteiger partial charge >= 0.3 is 11.9 Å². The number of hydrogen-bond acceptors (Lipinski definition) is 10. The third-order valence-corrected chi connectivity index (χ3v) is 8.45. The molecule has 1 aliphatic carbocycles. The Balaban J connectivity index is 0.971. The lowest BCUT2D eigenvalue weighted by atomic mass is 9.99. The molecule has 4 aromatic carbocycles. The van der Waals surface area contributed by atoms with E-state index in [1.54, 1.807) is 38.1 Å². The first-order valence-electron chi connectivity index (χ1n) is 16.2. The van der Waals surface area contributed by atoms with Gasteiger partial charge < -0.3 is 37.9 Å². The van der Waals surface area contributed by atoms with E-state index in [1.807, 2.05) is 19.1 Å². The highest BCUT2D eigenvalue weighted by Gasteiger charge is 2.29. The van der Waals surface area contributed by atoms with Crippen LogP contribution in [0, 0.1) is 11.6 Å². The quantitative estimate of drug-likeness (QED) is 0.0606. The molecule has 0 bridgehead atoms. The highest BCUT2D eigenvalue weighted by atomic mass is 19.1. The fraction of sp³-hybridized carbons (Fsp3) is 0.316. The van der Waals surface area contributed by atoms with E-state index < -0.39 is 36.2 Å². The summed E-state index contributed by atoms with van der Waals surface area (Å²) in [7, 11) is 0. The predicted octanol–water partition coefficient (Wildman–Crippen LogP) is 6.82. The summed E-state index contributed by atoms with van der Waals surface area (Å²) in [5.41, 5.74) is 3.06. The minimum Gasteiger partial charge on any atom is -0.465 e. The molecule has 2 saturated heterocycles. The van der Waals surface area contributed by atoms with Gasteiger partial charge in [0.1, 0.15) is 46.8 Å². The van der Waals surface area contributed by atoms with Gasteiger partial charge in [-0.2, -0.15) is 0 Å². The van der Waals surface area contributed by atoms with Crippen molar-refractivity contribution < 1.29 is 56.3 Å². The molecule has 0 saturated carbocycles. The van der Waals surface area contributed by atoms with Crippen LogP contribution in [0.15, 0.2) is 72.8 Å². The molecule has 0 spiro atoms. The summed E-state index contributed by atoms with van der Waals surface area (Å²) in [6, 6.07) is 18.1. The number of carbonyl (C=O) groups excluding carboxylic acids is 2. The van der Waals surface area contributed by atoms with Gasteiger partial charge in [-0.1, -0.05) is 19.1 Å². The Morgan fingerprint density at radius 1 is 0.660 bits per heavy atom. The summed E-state index contributed by atoms with van der Waals surface area (Å²) in [5, 5.41) is 0. The summed E-state index contributed by atoms with van der Waals surface area (Å²) < 4.78 is 73.2. The molecule has 0 radical (unpaired) electrons. The number of ether oxygens (including phenoxy) is 8. The molecule has 4 atom stereocenters. The van der Waals surface area contributed by atoms with Crippen molar-refractivity contribution in [3.63, 3.8) is 0 Å². The monoisotopic (exact) mass is 688 g/mol. The van der Waals surface area contributed by atoms with Crippen LogP contribution in [0.3, 0.4) is 0 Å². The molecule has 3 aliphatic rings. The van der Waals surface area contributed by atoms with E-state index in [-0.39, 0.29) is 52.3 Å². The Kier molecular flexibility index (Phi) is 9.52. The second-order valence-corrected chi connectivity index (χ2v) is 12.2. The number of hydrogen-bond donors (Lipinski definition) is 0. The molecular formula is C38H34F2O10. The molecule has 4 aromatic rings. The maximum Gasteiger partial charge on any atom is 0.346 e. The van der Waals surface area contributed by atoms with Crippen LogP contribution in [0.25, 0.3) is 11.1 Å². The lowest BCUT2D eigenvalue weighted by Crippen LogP contribution is -2.19. The first-order chi connectivity index (χ1) is 24.1. The highest BCUT2D eigenvalue weighted by Crippen LogP contribution is 2.47. The summed E-state index contributed by atoms with van der Waals surface area (Å²) in [6.45, 7) is 7.40. The molecular weight excluding hydrogens is 654 g/mol. The second-order valence-electron chi connectivity index (χ2n) is 12.2. The van der Waals surface area contributed by atoms with Crippen LogP contribution in [0.1, 0.15) is 58.5 Å². The normalized spacial score (nSPS) is 19.5. The zero-order valence-corrected chi connectivity index (χ0v) is 27.5. The molecule has 2 fully saturated rings. The molecule has 2 aliphatic heterocycles. The summed E-state index contributed by atoms with van der Waals surface area (Å²) in [6.07, 6.45) is -1.11. The summed E-state index contributed by atoms with van der Waals surface area (Å²) >= 11 is 0.